The standard InChI is InChI=1S/C7H4Cl2F3N.C2H6O/c8-4-2-6(13)5(9)1-3(4)7(10,11)12;1-2-3/h1-2H,13H2;3H,2H2,1H3. The number of aliphatic hydroxyl groups excluding tert-OH is 1. The zero-order valence-electron chi connectivity index (χ0n) is 8.28. The number of alkyl halides is 3. The van der Waals surface area contributed by atoms with Crippen LogP contribution in [0.4, 0.5) is 18.9 Å². The van der Waals surface area contributed by atoms with Crippen LogP contribution in [-0.2, 0) is 6.18 Å². The summed E-state index contributed by atoms with van der Waals surface area (Å²) in [5.41, 5.74) is 4.30. The molecule has 3 N–H and O–H groups in total. The first-order valence-corrected chi connectivity index (χ1v) is 4.92. The third-order valence-corrected chi connectivity index (χ3v) is 2.03. The SMILES string of the molecule is CCO.Nc1cc(Cl)c(C(F)(F)F)cc1Cl. The van der Waals surface area contributed by atoms with Crippen molar-refractivity contribution < 1.29 is 18.3 Å². The summed E-state index contributed by atoms with van der Waals surface area (Å²) in [6.07, 6.45) is -4.51. The lowest BCUT2D eigenvalue weighted by Gasteiger charge is -2.09. The average molecular weight is 276 g/mol. The molecule has 0 spiro atoms. The molecule has 0 aliphatic rings. The van der Waals surface area contributed by atoms with E-state index in [0.29, 0.717) is 6.07 Å². The molecular weight excluding hydrogens is 266 g/mol. The molecule has 0 atom stereocenters. The molecule has 0 saturated carbocycles. The fourth-order valence-electron chi connectivity index (χ4n) is 0.779. The summed E-state index contributed by atoms with van der Waals surface area (Å²) >= 11 is 10.7. The van der Waals surface area contributed by atoms with Crippen LogP contribution in [0.3, 0.4) is 0 Å². The first-order valence-electron chi connectivity index (χ1n) is 4.16. The zero-order valence-corrected chi connectivity index (χ0v) is 9.79. The summed E-state index contributed by atoms with van der Waals surface area (Å²) in [7, 11) is 0. The van der Waals surface area contributed by atoms with E-state index in [9.17, 15) is 13.2 Å². The highest BCUT2D eigenvalue weighted by molar-refractivity contribution is 6.35. The van der Waals surface area contributed by atoms with Crippen LogP contribution in [0.15, 0.2) is 12.1 Å². The first kappa shape index (κ1) is 15.3. The minimum atomic E-state index is -4.51. The van der Waals surface area contributed by atoms with Gasteiger partial charge in [0, 0.05) is 6.61 Å². The summed E-state index contributed by atoms with van der Waals surface area (Å²) < 4.78 is 36.5. The lowest BCUT2D eigenvalue weighted by Crippen LogP contribution is -2.06. The van der Waals surface area contributed by atoms with Gasteiger partial charge < -0.3 is 10.8 Å². The lowest BCUT2D eigenvalue weighted by atomic mass is 10.2. The van der Waals surface area contributed by atoms with E-state index < -0.39 is 16.8 Å². The number of hydrogen-bond acceptors (Lipinski definition) is 2. The van der Waals surface area contributed by atoms with Gasteiger partial charge in [0.05, 0.1) is 21.3 Å². The molecule has 1 rings (SSSR count). The Hall–Kier alpha value is -0.650. The maximum absolute atomic E-state index is 12.2. The first-order chi connectivity index (χ1) is 7.23. The van der Waals surface area contributed by atoms with Gasteiger partial charge in [-0.1, -0.05) is 23.2 Å². The fourth-order valence-corrected chi connectivity index (χ4v) is 1.22. The highest BCUT2D eigenvalue weighted by Crippen LogP contribution is 2.38. The van der Waals surface area contributed by atoms with E-state index >= 15 is 0 Å². The summed E-state index contributed by atoms with van der Waals surface area (Å²) in [4.78, 5) is 0. The molecule has 0 saturated heterocycles. The molecule has 16 heavy (non-hydrogen) atoms. The molecule has 0 radical (unpaired) electrons. The number of aliphatic hydroxyl groups is 1. The Bertz CT molecular complexity index is 355. The number of hydrogen-bond donors (Lipinski definition) is 2. The van der Waals surface area contributed by atoms with E-state index in [1.165, 1.54) is 0 Å². The van der Waals surface area contributed by atoms with Gasteiger partial charge in [0.2, 0.25) is 0 Å². The quantitative estimate of drug-likeness (QED) is 0.711. The molecule has 0 aliphatic heterocycles. The van der Waals surface area contributed by atoms with Gasteiger partial charge in [0.1, 0.15) is 0 Å². The second-order valence-electron chi connectivity index (χ2n) is 2.67. The molecule has 0 amide bonds. The molecule has 92 valence electrons. The van der Waals surface area contributed by atoms with Crippen LogP contribution < -0.4 is 5.73 Å². The van der Waals surface area contributed by atoms with Gasteiger partial charge >= 0.3 is 6.18 Å². The molecular formula is C9H10Cl2F3NO. The van der Waals surface area contributed by atoms with Crippen molar-refractivity contribution in [3.05, 3.63) is 27.7 Å². The number of benzene rings is 1. The van der Waals surface area contributed by atoms with Crippen molar-refractivity contribution in [2.45, 2.75) is 13.1 Å². The third kappa shape index (κ3) is 4.47. The Kier molecular flexibility index (Phi) is 5.92. The van der Waals surface area contributed by atoms with Crippen molar-refractivity contribution in [3.8, 4) is 0 Å². The predicted octanol–water partition coefficient (Wildman–Crippen LogP) is 3.59. The fraction of sp³-hybridized carbons (Fsp3) is 0.333. The van der Waals surface area contributed by atoms with E-state index in [2.05, 4.69) is 0 Å². The molecule has 0 fully saturated rings. The predicted molar refractivity (Wildman–Crippen MR) is 58.6 cm³/mol. The van der Waals surface area contributed by atoms with Crippen molar-refractivity contribution in [1.82, 2.24) is 0 Å². The third-order valence-electron chi connectivity index (χ3n) is 1.39. The number of nitrogen functional groups attached to an aromatic ring is 1. The zero-order chi connectivity index (χ0) is 12.9. The van der Waals surface area contributed by atoms with E-state index in [1.807, 2.05) is 0 Å². The van der Waals surface area contributed by atoms with Crippen LogP contribution in [-0.4, -0.2) is 11.7 Å². The molecule has 0 aromatic heterocycles. The Morgan fingerprint density at radius 1 is 1.25 bits per heavy atom. The highest BCUT2D eigenvalue weighted by atomic mass is 35.5. The summed E-state index contributed by atoms with van der Waals surface area (Å²) in [5.74, 6) is 0. The number of anilines is 1. The Labute approximate surface area is 101 Å². The summed E-state index contributed by atoms with van der Waals surface area (Å²) in [6, 6.07) is 1.69. The monoisotopic (exact) mass is 275 g/mol. The molecule has 1 aromatic rings. The van der Waals surface area contributed by atoms with Gasteiger partial charge in [0.25, 0.3) is 0 Å². The minimum Gasteiger partial charge on any atom is -0.397 e. The molecule has 0 bridgehead atoms. The Balaban J connectivity index is 0.000000673. The van der Waals surface area contributed by atoms with E-state index in [0.717, 1.165) is 6.07 Å². The smallest absolute Gasteiger partial charge is 0.397 e. The maximum Gasteiger partial charge on any atom is 0.417 e. The second kappa shape index (κ2) is 6.18. The van der Waals surface area contributed by atoms with Gasteiger partial charge in [-0.2, -0.15) is 13.2 Å². The normalized spacial score (nSPS) is 10.7. The largest absolute Gasteiger partial charge is 0.417 e. The van der Waals surface area contributed by atoms with Crippen molar-refractivity contribution in [2.24, 2.45) is 0 Å². The molecule has 1 aromatic carbocycles. The number of halogens is 5. The Morgan fingerprint density at radius 2 is 1.69 bits per heavy atom. The van der Waals surface area contributed by atoms with Crippen molar-refractivity contribution in [1.29, 1.82) is 0 Å². The van der Waals surface area contributed by atoms with Crippen molar-refractivity contribution in [2.75, 3.05) is 12.3 Å². The van der Waals surface area contributed by atoms with E-state index in [1.54, 1.807) is 6.92 Å². The number of nitrogens with two attached hydrogens (primary N) is 1. The van der Waals surface area contributed by atoms with Crippen LogP contribution in [0.25, 0.3) is 0 Å². The van der Waals surface area contributed by atoms with Crippen LogP contribution in [0.2, 0.25) is 10.0 Å². The van der Waals surface area contributed by atoms with Gasteiger partial charge in [-0.15, -0.1) is 0 Å². The van der Waals surface area contributed by atoms with Crippen molar-refractivity contribution >= 4 is 28.9 Å². The average Bonchev–Trinajstić information content (AvgIpc) is 2.10. The van der Waals surface area contributed by atoms with Crippen LogP contribution >= 0.6 is 23.2 Å². The number of rotatable bonds is 0. The molecule has 2 nitrogen and oxygen atoms in total. The van der Waals surface area contributed by atoms with Gasteiger partial charge in [0.15, 0.2) is 0 Å². The van der Waals surface area contributed by atoms with Gasteiger partial charge in [-0.05, 0) is 19.1 Å². The van der Waals surface area contributed by atoms with Crippen LogP contribution in [0.1, 0.15) is 12.5 Å². The van der Waals surface area contributed by atoms with E-state index in [4.69, 9.17) is 34.0 Å². The molecule has 0 heterocycles. The topological polar surface area (TPSA) is 46.2 Å². The minimum absolute atomic E-state index is 0.0275. The summed E-state index contributed by atoms with van der Waals surface area (Å²) in [5, 5.41) is 6.96. The van der Waals surface area contributed by atoms with E-state index in [-0.39, 0.29) is 17.3 Å². The summed E-state index contributed by atoms with van der Waals surface area (Å²) in [6.45, 7) is 1.93. The molecule has 7 heteroatoms. The molecule has 0 unspecified atom stereocenters. The highest BCUT2D eigenvalue weighted by Gasteiger charge is 2.33. The molecule has 0 aliphatic carbocycles. The van der Waals surface area contributed by atoms with Crippen molar-refractivity contribution in [3.63, 3.8) is 0 Å². The van der Waals surface area contributed by atoms with Gasteiger partial charge in [-0.25, -0.2) is 0 Å². The van der Waals surface area contributed by atoms with Gasteiger partial charge in [-0.3, -0.25) is 0 Å². The second-order valence-corrected chi connectivity index (χ2v) is 3.48. The lowest BCUT2D eigenvalue weighted by molar-refractivity contribution is -0.137. The van der Waals surface area contributed by atoms with Crippen LogP contribution in [0, 0.1) is 0 Å². The Morgan fingerprint density at radius 3 is 2.06 bits per heavy atom. The maximum atomic E-state index is 12.2. The van der Waals surface area contributed by atoms with Crippen LogP contribution in [0.5, 0.6) is 0 Å².